The van der Waals surface area contributed by atoms with Crippen LogP contribution >= 0.6 is 11.8 Å². The highest BCUT2D eigenvalue weighted by molar-refractivity contribution is 8.16. The van der Waals surface area contributed by atoms with E-state index in [-0.39, 0.29) is 11.5 Å². The van der Waals surface area contributed by atoms with Crippen molar-refractivity contribution in [3.63, 3.8) is 0 Å². The molecule has 0 saturated carbocycles. The molecular formula is C18H19F2N3O6S2. The lowest BCUT2D eigenvalue weighted by molar-refractivity contribution is -0.113. The second-order valence-corrected chi connectivity index (χ2v) is 10.7. The summed E-state index contributed by atoms with van der Waals surface area (Å²) in [6.45, 7) is 2.18. The van der Waals surface area contributed by atoms with Gasteiger partial charge in [0, 0.05) is 21.0 Å². The van der Waals surface area contributed by atoms with E-state index in [0.29, 0.717) is 24.4 Å². The fourth-order valence-electron chi connectivity index (χ4n) is 2.85. The average Bonchev–Trinajstić information content (AvgIpc) is 3.25. The number of hydrogen-bond acceptors (Lipinski definition) is 9. The number of nitrogens with one attached hydrogen (secondary N) is 2. The van der Waals surface area contributed by atoms with Crippen LogP contribution in [0, 0.1) is 6.92 Å². The molecule has 2 atom stereocenters. The van der Waals surface area contributed by atoms with E-state index in [1.807, 2.05) is 0 Å². The lowest BCUT2D eigenvalue weighted by atomic mass is 10.1. The maximum Gasteiger partial charge on any atom is 0.272 e. The van der Waals surface area contributed by atoms with Crippen LogP contribution in [0.25, 0.3) is 0 Å². The molecule has 0 spiro atoms. The third kappa shape index (κ3) is 4.16. The van der Waals surface area contributed by atoms with Crippen LogP contribution in [0.5, 0.6) is 0 Å². The van der Waals surface area contributed by atoms with Gasteiger partial charge in [0.05, 0.1) is 5.70 Å². The Labute approximate surface area is 180 Å². The molecule has 1 aromatic carbocycles. The van der Waals surface area contributed by atoms with Crippen molar-refractivity contribution in [1.82, 2.24) is 4.31 Å². The first-order valence-electron chi connectivity index (χ1n) is 8.87. The molecular weight excluding hydrogens is 456 g/mol. The highest BCUT2D eigenvalue weighted by Crippen LogP contribution is 2.37. The Morgan fingerprint density at radius 2 is 1.77 bits per heavy atom. The van der Waals surface area contributed by atoms with E-state index >= 15 is 0 Å². The zero-order valence-corrected chi connectivity index (χ0v) is 18.5. The van der Waals surface area contributed by atoms with E-state index < -0.39 is 54.6 Å². The number of carbonyl (C=O) groups is 1. The zero-order chi connectivity index (χ0) is 23.3. The molecule has 1 unspecified atom stereocenters. The number of thioether (sulfide) groups is 1. The number of hydrogen-bond donors (Lipinski definition) is 2. The van der Waals surface area contributed by atoms with E-state index in [2.05, 4.69) is 10.6 Å². The fraction of sp³-hybridized carbons (Fsp3) is 0.389. The van der Waals surface area contributed by atoms with Gasteiger partial charge in [0.2, 0.25) is 15.8 Å². The number of Topliss-reactive ketones (excluding diaryl/α,β-unsaturated/α-hetero) is 1. The number of alkyl halides is 2. The number of sulfonamides is 1. The van der Waals surface area contributed by atoms with E-state index in [1.165, 1.54) is 31.6 Å². The molecule has 13 heteroatoms. The van der Waals surface area contributed by atoms with Crippen molar-refractivity contribution in [1.29, 1.82) is 0 Å². The van der Waals surface area contributed by atoms with E-state index in [0.717, 1.165) is 4.31 Å². The van der Waals surface area contributed by atoms with Crippen LogP contribution in [0.1, 0.15) is 24.5 Å². The van der Waals surface area contributed by atoms with Crippen molar-refractivity contribution in [3.05, 3.63) is 55.2 Å². The molecule has 0 fully saturated rings. The number of allylic oxidation sites excluding steroid dienone is 1. The minimum Gasteiger partial charge on any atom is -0.464 e. The Kier molecular flexibility index (Phi) is 5.88. The molecule has 1 aromatic heterocycles. The second-order valence-electron chi connectivity index (χ2n) is 7.21. The molecule has 31 heavy (non-hydrogen) atoms. The van der Waals surface area contributed by atoms with Gasteiger partial charge in [0.25, 0.3) is 16.8 Å². The topological polar surface area (TPSA) is 126 Å². The summed E-state index contributed by atoms with van der Waals surface area (Å²) in [6, 6.07) is 1.04. The normalized spacial score (nSPS) is 18.5. The van der Waals surface area contributed by atoms with Crippen molar-refractivity contribution in [3.8, 4) is 0 Å². The highest BCUT2D eigenvalue weighted by Gasteiger charge is 2.42. The third-order valence-electron chi connectivity index (χ3n) is 4.58. The van der Waals surface area contributed by atoms with Gasteiger partial charge in [-0.05, 0) is 24.5 Å². The van der Waals surface area contributed by atoms with Crippen LogP contribution in [0.15, 0.2) is 37.2 Å². The summed E-state index contributed by atoms with van der Waals surface area (Å²) in [5.74, 6) is -3.96. The first-order chi connectivity index (χ1) is 14.2. The summed E-state index contributed by atoms with van der Waals surface area (Å²) in [4.78, 5) is 36.6. The minimum absolute atomic E-state index is 0.146. The lowest BCUT2D eigenvalue weighted by Crippen LogP contribution is -2.41. The third-order valence-corrected chi connectivity index (χ3v) is 8.25. The molecule has 9 nitrogen and oxygen atoms in total. The van der Waals surface area contributed by atoms with E-state index in [4.69, 9.17) is 4.42 Å². The van der Waals surface area contributed by atoms with Crippen molar-refractivity contribution < 1.29 is 26.4 Å². The predicted molar refractivity (Wildman–Crippen MR) is 112 cm³/mol. The van der Waals surface area contributed by atoms with E-state index in [1.54, 1.807) is 6.92 Å². The smallest absolute Gasteiger partial charge is 0.272 e. The highest BCUT2D eigenvalue weighted by atomic mass is 32.3. The maximum atomic E-state index is 14.2. The molecule has 0 amide bonds. The van der Waals surface area contributed by atoms with Crippen LogP contribution < -0.4 is 21.5 Å². The van der Waals surface area contributed by atoms with Crippen LogP contribution in [-0.2, 0) is 14.8 Å². The molecule has 0 saturated heterocycles. The quantitative estimate of drug-likeness (QED) is 0.550. The molecule has 1 aliphatic heterocycles. The maximum absolute atomic E-state index is 14.2. The summed E-state index contributed by atoms with van der Waals surface area (Å²) in [5, 5.41) is 5.97. The molecule has 1 aliphatic rings. The Balaban J connectivity index is 1.87. The van der Waals surface area contributed by atoms with Gasteiger partial charge in [-0.2, -0.15) is 0 Å². The summed E-state index contributed by atoms with van der Waals surface area (Å²) in [7, 11) is -1.39. The zero-order valence-electron chi connectivity index (χ0n) is 16.9. The summed E-state index contributed by atoms with van der Waals surface area (Å²) in [5.41, 5.74) is -3.14. The summed E-state index contributed by atoms with van der Waals surface area (Å²) < 4.78 is 57.5. The van der Waals surface area contributed by atoms with Gasteiger partial charge < -0.3 is 15.1 Å². The molecule has 2 heterocycles. The van der Waals surface area contributed by atoms with Crippen molar-refractivity contribution in [2.45, 2.75) is 30.4 Å². The molecule has 2 aromatic rings. The number of carbonyl (C=O) groups excluding carboxylic acids is 1. The van der Waals surface area contributed by atoms with Crippen molar-refractivity contribution in [2.24, 2.45) is 0 Å². The number of furan rings is 1. The fourth-order valence-corrected chi connectivity index (χ4v) is 5.56. The van der Waals surface area contributed by atoms with Gasteiger partial charge in [0.15, 0.2) is 4.58 Å². The standard InChI is InChI=1S/C18H19F2N3O6S2/c1-8-5-6-10(29-8)16(18(2,19)20)22-12-11(14(25)15(12)26)21-9-7-30-17(13(9)24)31(27,28)23(3)4/h5-7,16-17,21-22H,1-4H3/t16-,17?/m0/s1. The minimum atomic E-state index is -3.93. The van der Waals surface area contributed by atoms with Crippen LogP contribution in [0.2, 0.25) is 0 Å². The Bertz CT molecular complexity index is 1240. The number of ketones is 1. The molecule has 0 aliphatic carbocycles. The van der Waals surface area contributed by atoms with E-state index in [9.17, 15) is 31.6 Å². The average molecular weight is 475 g/mol. The van der Waals surface area contributed by atoms with Crippen LogP contribution in [0.4, 0.5) is 20.2 Å². The number of rotatable bonds is 8. The van der Waals surface area contributed by atoms with Crippen LogP contribution in [0.3, 0.4) is 0 Å². The first-order valence-corrected chi connectivity index (χ1v) is 11.3. The molecule has 0 bridgehead atoms. The Hall–Kier alpha value is -2.51. The summed E-state index contributed by atoms with van der Waals surface area (Å²) in [6.07, 6.45) is 0. The number of nitrogens with zero attached hydrogens (tertiary/aromatic N) is 1. The molecule has 3 rings (SSSR count). The SMILES string of the molecule is Cc1ccc([C@H](Nc2c(NC3=CSC(S(=O)(=O)N(C)C)C3=O)c(=O)c2=O)C(C)(F)F)o1. The van der Waals surface area contributed by atoms with Gasteiger partial charge >= 0.3 is 0 Å². The molecule has 168 valence electrons. The molecule has 2 N–H and O–H groups in total. The van der Waals surface area contributed by atoms with Gasteiger partial charge in [-0.25, -0.2) is 21.5 Å². The largest absolute Gasteiger partial charge is 0.464 e. The van der Waals surface area contributed by atoms with Crippen LogP contribution in [-0.4, -0.2) is 43.1 Å². The van der Waals surface area contributed by atoms with Crippen molar-refractivity contribution >= 4 is 38.9 Å². The lowest BCUT2D eigenvalue weighted by Gasteiger charge is -2.25. The van der Waals surface area contributed by atoms with Gasteiger partial charge in [-0.1, -0.05) is 0 Å². The summed E-state index contributed by atoms with van der Waals surface area (Å²) >= 11 is 0.714. The van der Waals surface area contributed by atoms with Gasteiger partial charge in [-0.15, -0.1) is 11.8 Å². The van der Waals surface area contributed by atoms with Gasteiger partial charge in [-0.3, -0.25) is 14.4 Å². The molecule has 0 radical (unpaired) electrons. The monoisotopic (exact) mass is 475 g/mol. The second kappa shape index (κ2) is 7.88. The van der Waals surface area contributed by atoms with Crippen molar-refractivity contribution in [2.75, 3.05) is 24.7 Å². The Morgan fingerprint density at radius 1 is 1.16 bits per heavy atom. The number of aryl methyl sites for hydroxylation is 1. The van der Waals surface area contributed by atoms with Gasteiger partial charge in [0.1, 0.15) is 28.9 Å². The predicted octanol–water partition coefficient (Wildman–Crippen LogP) is 1.78. The first kappa shape index (κ1) is 23.2. The number of halogens is 2. The number of anilines is 2. The Morgan fingerprint density at radius 3 is 2.29 bits per heavy atom.